The minimum atomic E-state index is -0.561. The van der Waals surface area contributed by atoms with E-state index in [9.17, 15) is 14.4 Å². The van der Waals surface area contributed by atoms with Crippen LogP contribution in [-0.4, -0.2) is 51.4 Å². The third-order valence-electron chi connectivity index (χ3n) is 6.51. The lowest BCUT2D eigenvalue weighted by Gasteiger charge is -2.15. The molecule has 3 N–H and O–H groups in total. The minimum Gasteiger partial charge on any atom is -0.496 e. The first-order valence-electron chi connectivity index (χ1n) is 14.3. The molecule has 0 saturated carbocycles. The van der Waals surface area contributed by atoms with E-state index in [0.717, 1.165) is 4.90 Å². The largest absolute Gasteiger partial charge is 0.496 e. The lowest BCUT2D eigenvalue weighted by molar-refractivity contribution is -0.114. The molecule has 0 unspecified atom stereocenters. The third kappa shape index (κ3) is 9.05. The smallest absolute Gasteiger partial charge is 0.272 e. The molecule has 0 aliphatic rings. The van der Waals surface area contributed by atoms with Crippen molar-refractivity contribution in [3.05, 3.63) is 108 Å². The highest BCUT2D eigenvalue weighted by molar-refractivity contribution is 8.00. The maximum absolute atomic E-state index is 13.5. The number of ether oxygens (including phenoxy) is 4. The van der Waals surface area contributed by atoms with Crippen LogP contribution in [0, 0.1) is 0 Å². The maximum atomic E-state index is 13.5. The number of rotatable bonds is 14. The Morgan fingerprint density at radius 1 is 0.739 bits per heavy atom. The standard InChI is InChI=1S/C35H35N3O7S/c1-5-45-29-14-10-9-13-27(29)37-33(39)22-46-26-17-15-25(16-18-26)36-35(41)28(38-34(40)23-11-7-6-8-12-23)19-24-20-31(43-3)32(44-4)21-30(24)42-2/h6-21H,5,22H2,1-4H3,(H,36,41)(H,37,39)(H,38,40)/b28-19-. The van der Waals surface area contributed by atoms with Gasteiger partial charge in [0.1, 0.15) is 17.2 Å². The Labute approximate surface area is 272 Å². The summed E-state index contributed by atoms with van der Waals surface area (Å²) >= 11 is 1.35. The first-order valence-corrected chi connectivity index (χ1v) is 15.3. The molecular weight excluding hydrogens is 606 g/mol. The number of carbonyl (C=O) groups is 3. The second-order valence-corrected chi connectivity index (χ2v) is 10.6. The Hall–Kier alpha value is -5.42. The summed E-state index contributed by atoms with van der Waals surface area (Å²) in [4.78, 5) is 40.0. The molecule has 0 bridgehead atoms. The topological polar surface area (TPSA) is 124 Å². The Kier molecular flexibility index (Phi) is 12.1. The van der Waals surface area contributed by atoms with Gasteiger partial charge < -0.3 is 34.9 Å². The van der Waals surface area contributed by atoms with Crippen molar-refractivity contribution in [1.82, 2.24) is 5.32 Å². The van der Waals surface area contributed by atoms with Crippen LogP contribution in [0.4, 0.5) is 11.4 Å². The highest BCUT2D eigenvalue weighted by atomic mass is 32.2. The van der Waals surface area contributed by atoms with Crippen molar-refractivity contribution in [3.63, 3.8) is 0 Å². The Bertz CT molecular complexity index is 1690. The van der Waals surface area contributed by atoms with Gasteiger partial charge in [-0.05, 0) is 67.6 Å². The van der Waals surface area contributed by atoms with Crippen molar-refractivity contribution in [2.45, 2.75) is 11.8 Å². The van der Waals surface area contributed by atoms with Crippen molar-refractivity contribution >= 4 is 46.9 Å². The van der Waals surface area contributed by atoms with Gasteiger partial charge in [-0.25, -0.2) is 0 Å². The van der Waals surface area contributed by atoms with Crippen LogP contribution >= 0.6 is 11.8 Å². The Morgan fingerprint density at radius 2 is 1.39 bits per heavy atom. The number of amides is 3. The van der Waals surface area contributed by atoms with Gasteiger partial charge in [-0.3, -0.25) is 14.4 Å². The number of para-hydroxylation sites is 2. The molecule has 0 aliphatic carbocycles. The molecule has 0 atom stereocenters. The van der Waals surface area contributed by atoms with E-state index < -0.39 is 11.8 Å². The zero-order valence-electron chi connectivity index (χ0n) is 25.9. The second-order valence-electron chi connectivity index (χ2n) is 9.57. The molecule has 0 heterocycles. The van der Waals surface area contributed by atoms with Crippen molar-refractivity contribution in [2.24, 2.45) is 0 Å². The molecule has 0 aliphatic heterocycles. The average molecular weight is 642 g/mol. The van der Waals surface area contributed by atoms with Crippen molar-refractivity contribution in [1.29, 1.82) is 0 Å². The van der Waals surface area contributed by atoms with E-state index in [1.807, 2.05) is 19.1 Å². The number of hydrogen-bond donors (Lipinski definition) is 3. The van der Waals surface area contributed by atoms with E-state index >= 15 is 0 Å². The number of hydrogen-bond acceptors (Lipinski definition) is 8. The summed E-state index contributed by atoms with van der Waals surface area (Å²) in [5.74, 6) is 0.862. The molecule has 46 heavy (non-hydrogen) atoms. The molecule has 4 aromatic carbocycles. The van der Waals surface area contributed by atoms with E-state index in [1.165, 1.54) is 39.2 Å². The minimum absolute atomic E-state index is 0.0261. The van der Waals surface area contributed by atoms with Gasteiger partial charge in [-0.15, -0.1) is 11.8 Å². The maximum Gasteiger partial charge on any atom is 0.272 e. The number of anilines is 2. The zero-order valence-corrected chi connectivity index (χ0v) is 26.7. The second kappa shape index (κ2) is 16.6. The summed E-state index contributed by atoms with van der Waals surface area (Å²) in [5, 5.41) is 8.43. The Morgan fingerprint density at radius 3 is 2.07 bits per heavy atom. The van der Waals surface area contributed by atoms with Gasteiger partial charge in [0, 0.05) is 27.8 Å². The van der Waals surface area contributed by atoms with Crippen molar-refractivity contribution in [2.75, 3.05) is 44.3 Å². The summed E-state index contributed by atoms with van der Waals surface area (Å²) < 4.78 is 21.9. The molecule has 0 spiro atoms. The monoisotopic (exact) mass is 641 g/mol. The molecular formula is C35H35N3O7S. The fourth-order valence-electron chi connectivity index (χ4n) is 4.28. The van der Waals surface area contributed by atoms with Crippen LogP contribution in [0.15, 0.2) is 102 Å². The molecule has 4 rings (SSSR count). The van der Waals surface area contributed by atoms with Crippen LogP contribution in [0.1, 0.15) is 22.8 Å². The first kappa shape index (κ1) is 33.5. The fraction of sp³-hybridized carbons (Fsp3) is 0.171. The summed E-state index contributed by atoms with van der Waals surface area (Å²) in [5.41, 5.74) is 1.94. The zero-order chi connectivity index (χ0) is 32.9. The van der Waals surface area contributed by atoms with Crippen molar-refractivity contribution in [3.8, 4) is 23.0 Å². The lowest BCUT2D eigenvalue weighted by Crippen LogP contribution is -2.30. The molecule has 4 aromatic rings. The number of carbonyl (C=O) groups excluding carboxylic acids is 3. The number of methoxy groups -OCH3 is 3. The molecule has 0 aromatic heterocycles. The normalized spacial score (nSPS) is 10.8. The predicted octanol–water partition coefficient (Wildman–Crippen LogP) is 6.25. The molecule has 0 fully saturated rings. The first-order chi connectivity index (χ1) is 22.3. The van der Waals surface area contributed by atoms with Gasteiger partial charge in [0.05, 0.1) is 39.4 Å². The predicted molar refractivity (Wildman–Crippen MR) is 180 cm³/mol. The van der Waals surface area contributed by atoms with Gasteiger partial charge in [0.25, 0.3) is 11.8 Å². The SMILES string of the molecule is CCOc1ccccc1NC(=O)CSc1ccc(NC(=O)/C(=C/c2cc(OC)c(OC)cc2OC)NC(=O)c2ccccc2)cc1. The van der Waals surface area contributed by atoms with E-state index in [0.29, 0.717) is 52.1 Å². The number of benzene rings is 4. The fourth-order valence-corrected chi connectivity index (χ4v) is 4.98. The number of thioether (sulfide) groups is 1. The summed E-state index contributed by atoms with van der Waals surface area (Å²) in [6.07, 6.45) is 1.50. The van der Waals surface area contributed by atoms with Gasteiger partial charge in [-0.1, -0.05) is 30.3 Å². The van der Waals surface area contributed by atoms with E-state index in [-0.39, 0.29) is 17.4 Å². The summed E-state index contributed by atoms with van der Waals surface area (Å²) in [6.45, 7) is 2.37. The summed E-state index contributed by atoms with van der Waals surface area (Å²) in [6, 6.07) is 26.1. The van der Waals surface area contributed by atoms with E-state index in [4.69, 9.17) is 18.9 Å². The molecule has 0 saturated heterocycles. The van der Waals surface area contributed by atoms with Gasteiger partial charge in [-0.2, -0.15) is 0 Å². The molecule has 238 valence electrons. The molecule has 3 amide bonds. The highest BCUT2D eigenvalue weighted by Gasteiger charge is 2.18. The van der Waals surface area contributed by atoms with Gasteiger partial charge in [0.2, 0.25) is 5.91 Å². The molecule has 0 radical (unpaired) electrons. The van der Waals surface area contributed by atoms with Gasteiger partial charge >= 0.3 is 0 Å². The van der Waals surface area contributed by atoms with Crippen LogP contribution in [0.2, 0.25) is 0 Å². The van der Waals surface area contributed by atoms with Crippen molar-refractivity contribution < 1.29 is 33.3 Å². The molecule has 10 nitrogen and oxygen atoms in total. The number of nitrogens with one attached hydrogen (secondary N) is 3. The van der Waals surface area contributed by atoms with Crippen LogP contribution < -0.4 is 34.9 Å². The van der Waals surface area contributed by atoms with Crippen LogP contribution in [-0.2, 0) is 9.59 Å². The van der Waals surface area contributed by atoms with E-state index in [2.05, 4.69) is 16.0 Å². The summed E-state index contributed by atoms with van der Waals surface area (Å²) in [7, 11) is 4.50. The van der Waals surface area contributed by atoms with Crippen LogP contribution in [0.3, 0.4) is 0 Å². The quantitative estimate of drug-likeness (QED) is 0.109. The van der Waals surface area contributed by atoms with Crippen LogP contribution in [0.5, 0.6) is 23.0 Å². The van der Waals surface area contributed by atoms with Gasteiger partial charge in [0.15, 0.2) is 11.5 Å². The van der Waals surface area contributed by atoms with E-state index in [1.54, 1.807) is 78.9 Å². The van der Waals surface area contributed by atoms with Crippen LogP contribution in [0.25, 0.3) is 6.08 Å². The Balaban J connectivity index is 1.49. The lowest BCUT2D eigenvalue weighted by atomic mass is 10.1. The average Bonchev–Trinajstić information content (AvgIpc) is 3.08. The third-order valence-corrected chi connectivity index (χ3v) is 7.52. The highest BCUT2D eigenvalue weighted by Crippen LogP contribution is 2.35. The molecule has 11 heteroatoms.